The van der Waals surface area contributed by atoms with Gasteiger partial charge in [-0.25, -0.2) is 0 Å². The Hall–Kier alpha value is -0.290. The smallest absolute Gasteiger partial charge is 0.186 e. The summed E-state index contributed by atoms with van der Waals surface area (Å²) in [5.41, 5.74) is 0. The number of hydrogen-bond acceptors (Lipinski definition) is 3. The van der Waals surface area contributed by atoms with Crippen molar-refractivity contribution < 1.29 is 4.79 Å². The number of rotatable bonds is 1. The van der Waals surface area contributed by atoms with E-state index in [0.717, 1.165) is 18.2 Å². The van der Waals surface area contributed by atoms with E-state index >= 15 is 0 Å². The first-order valence-corrected chi connectivity index (χ1v) is 5.43. The summed E-state index contributed by atoms with van der Waals surface area (Å²) in [6, 6.07) is 0. The van der Waals surface area contributed by atoms with Crippen LogP contribution in [0.4, 0.5) is 0 Å². The fourth-order valence-electron chi connectivity index (χ4n) is 1.19. The third kappa shape index (κ3) is 2.84. The van der Waals surface area contributed by atoms with E-state index in [9.17, 15) is 4.79 Å². The molecule has 0 spiro atoms. The van der Waals surface area contributed by atoms with Crippen LogP contribution in [0.25, 0.3) is 0 Å². The Kier molecular flexibility index (Phi) is 3.55. The van der Waals surface area contributed by atoms with Crippen molar-refractivity contribution in [3.63, 3.8) is 0 Å². The minimum absolute atomic E-state index is 0.195. The molecule has 1 rings (SSSR count). The van der Waals surface area contributed by atoms with Crippen LogP contribution in [0.3, 0.4) is 0 Å². The fraction of sp³-hybridized carbons (Fsp3) is 0.750. The first kappa shape index (κ1) is 10.8. The molecule has 0 N–H and O–H groups in total. The molecule has 0 radical (unpaired) electrons. The minimum atomic E-state index is 0.195. The normalized spacial score (nSPS) is 16.7. The minimum Gasteiger partial charge on any atom is -0.355 e. The lowest BCUT2D eigenvalue weighted by Gasteiger charge is -2.41. The van der Waals surface area contributed by atoms with Gasteiger partial charge in [0.15, 0.2) is 10.2 Å². The van der Waals surface area contributed by atoms with Crippen molar-refractivity contribution in [1.82, 2.24) is 9.80 Å². The molecule has 0 saturated carbocycles. The summed E-state index contributed by atoms with van der Waals surface area (Å²) < 4.78 is 0. The molecule has 0 atom stereocenters. The Morgan fingerprint density at radius 3 is 2.46 bits per heavy atom. The number of nitrogens with zero attached hydrogens (tertiary/aromatic N) is 2. The molecule has 0 unspecified atom stereocenters. The molecule has 1 fully saturated rings. The van der Waals surface area contributed by atoms with Gasteiger partial charge in [-0.3, -0.25) is 4.79 Å². The van der Waals surface area contributed by atoms with Gasteiger partial charge in [0.1, 0.15) is 0 Å². The second-order valence-electron chi connectivity index (χ2n) is 3.31. The van der Waals surface area contributed by atoms with Crippen LogP contribution in [-0.4, -0.2) is 52.5 Å². The number of carbonyl (C=O) groups is 1. The highest BCUT2D eigenvalue weighted by atomic mass is 32.2. The standard InChI is InChI=1S/C8H14N2OS2/c1-6(11)13-7-4-10(5-7)8(12)9(2)3/h7H,4-5H2,1-3H3. The molecule has 1 saturated heterocycles. The Balaban J connectivity index is 2.25. The number of carbonyl (C=O) groups excluding carboxylic acids is 1. The molecule has 1 heterocycles. The topological polar surface area (TPSA) is 23.6 Å². The first-order valence-electron chi connectivity index (χ1n) is 4.14. The first-order chi connectivity index (χ1) is 6.00. The van der Waals surface area contributed by atoms with Crippen molar-refractivity contribution in [3.8, 4) is 0 Å². The van der Waals surface area contributed by atoms with E-state index in [1.54, 1.807) is 6.92 Å². The molecule has 0 aromatic carbocycles. The number of hydrogen-bond donors (Lipinski definition) is 0. The largest absolute Gasteiger partial charge is 0.355 e. The van der Waals surface area contributed by atoms with Crippen molar-refractivity contribution in [3.05, 3.63) is 0 Å². The number of thiocarbonyl (C=S) groups is 1. The summed E-state index contributed by atoms with van der Waals surface area (Å²) in [6.07, 6.45) is 0. The highest BCUT2D eigenvalue weighted by Crippen LogP contribution is 2.23. The van der Waals surface area contributed by atoms with E-state index in [1.807, 2.05) is 19.0 Å². The van der Waals surface area contributed by atoms with Crippen LogP contribution in [0.1, 0.15) is 6.92 Å². The zero-order valence-corrected chi connectivity index (χ0v) is 9.74. The van der Waals surface area contributed by atoms with Gasteiger partial charge in [-0.2, -0.15) is 0 Å². The predicted octanol–water partition coefficient (Wildman–Crippen LogP) is 0.797. The Morgan fingerprint density at radius 2 is 2.08 bits per heavy atom. The Bertz CT molecular complexity index is 224. The lowest BCUT2D eigenvalue weighted by molar-refractivity contribution is -0.109. The zero-order valence-electron chi connectivity index (χ0n) is 8.11. The van der Waals surface area contributed by atoms with Crippen molar-refractivity contribution in [2.24, 2.45) is 0 Å². The monoisotopic (exact) mass is 218 g/mol. The maximum Gasteiger partial charge on any atom is 0.186 e. The summed E-state index contributed by atoms with van der Waals surface area (Å²) in [5.74, 6) is 0. The molecule has 13 heavy (non-hydrogen) atoms. The van der Waals surface area contributed by atoms with Gasteiger partial charge in [0.05, 0.1) is 0 Å². The molecule has 1 aliphatic rings. The summed E-state index contributed by atoms with van der Waals surface area (Å²) in [6.45, 7) is 3.42. The third-order valence-corrected chi connectivity index (χ3v) is 3.42. The summed E-state index contributed by atoms with van der Waals surface area (Å²) >= 11 is 6.59. The highest BCUT2D eigenvalue weighted by molar-refractivity contribution is 8.14. The van der Waals surface area contributed by atoms with Gasteiger partial charge in [-0.15, -0.1) is 0 Å². The quantitative estimate of drug-likeness (QED) is 0.606. The molecule has 0 amide bonds. The highest BCUT2D eigenvalue weighted by Gasteiger charge is 2.30. The lowest BCUT2D eigenvalue weighted by atomic mass is 10.2. The van der Waals surface area contributed by atoms with E-state index in [0.29, 0.717) is 5.25 Å². The van der Waals surface area contributed by atoms with Gasteiger partial charge >= 0.3 is 0 Å². The summed E-state index contributed by atoms with van der Waals surface area (Å²) in [7, 11) is 3.88. The van der Waals surface area contributed by atoms with Crippen LogP contribution in [0.5, 0.6) is 0 Å². The van der Waals surface area contributed by atoms with E-state index in [1.165, 1.54) is 11.8 Å². The fourth-order valence-corrected chi connectivity index (χ4v) is 2.31. The van der Waals surface area contributed by atoms with Crippen LogP contribution in [-0.2, 0) is 4.79 Å². The molecule has 5 heteroatoms. The number of thioether (sulfide) groups is 1. The van der Waals surface area contributed by atoms with Crippen LogP contribution in [0.2, 0.25) is 0 Å². The Morgan fingerprint density at radius 1 is 1.54 bits per heavy atom. The maximum absolute atomic E-state index is 10.8. The molecule has 74 valence electrons. The second kappa shape index (κ2) is 4.28. The predicted molar refractivity (Wildman–Crippen MR) is 59.9 cm³/mol. The molecule has 3 nitrogen and oxygen atoms in total. The zero-order chi connectivity index (χ0) is 10.0. The SMILES string of the molecule is CC(=O)SC1CN(C(=S)N(C)C)C1. The van der Waals surface area contributed by atoms with E-state index in [4.69, 9.17) is 12.2 Å². The molecule has 0 bridgehead atoms. The van der Waals surface area contributed by atoms with Gasteiger partial charge in [-0.1, -0.05) is 11.8 Å². The van der Waals surface area contributed by atoms with Crippen LogP contribution in [0.15, 0.2) is 0 Å². The van der Waals surface area contributed by atoms with Gasteiger partial charge in [0.25, 0.3) is 0 Å². The van der Waals surface area contributed by atoms with E-state index < -0.39 is 0 Å². The van der Waals surface area contributed by atoms with Crippen LogP contribution < -0.4 is 0 Å². The van der Waals surface area contributed by atoms with E-state index in [2.05, 4.69) is 4.90 Å². The molecule has 0 aromatic heterocycles. The lowest BCUT2D eigenvalue weighted by Crippen LogP contribution is -2.55. The van der Waals surface area contributed by atoms with Crippen molar-refractivity contribution in [1.29, 1.82) is 0 Å². The molecule has 1 aliphatic heterocycles. The van der Waals surface area contributed by atoms with Gasteiger partial charge in [0, 0.05) is 39.4 Å². The van der Waals surface area contributed by atoms with Gasteiger partial charge in [-0.05, 0) is 12.2 Å². The molecular weight excluding hydrogens is 204 g/mol. The average molecular weight is 218 g/mol. The number of likely N-dealkylation sites (tertiary alicyclic amines) is 1. The molecular formula is C8H14N2OS2. The Labute approximate surface area is 88.5 Å². The van der Waals surface area contributed by atoms with Crippen molar-refractivity contribution in [2.45, 2.75) is 12.2 Å². The van der Waals surface area contributed by atoms with Crippen molar-refractivity contribution in [2.75, 3.05) is 27.2 Å². The maximum atomic E-state index is 10.8. The molecule has 0 aliphatic carbocycles. The summed E-state index contributed by atoms with van der Waals surface area (Å²) in [5, 5.41) is 1.50. The summed E-state index contributed by atoms with van der Waals surface area (Å²) in [4.78, 5) is 14.8. The van der Waals surface area contributed by atoms with E-state index in [-0.39, 0.29) is 5.12 Å². The van der Waals surface area contributed by atoms with Crippen molar-refractivity contribution >= 4 is 34.2 Å². The van der Waals surface area contributed by atoms with Crippen LogP contribution >= 0.6 is 24.0 Å². The van der Waals surface area contributed by atoms with Gasteiger partial charge < -0.3 is 9.80 Å². The van der Waals surface area contributed by atoms with Crippen LogP contribution in [0, 0.1) is 0 Å². The third-order valence-electron chi connectivity index (χ3n) is 1.83. The average Bonchev–Trinajstić information content (AvgIpc) is 1.94. The van der Waals surface area contributed by atoms with Gasteiger partial charge in [0.2, 0.25) is 0 Å². The molecule has 0 aromatic rings. The second-order valence-corrected chi connectivity index (χ2v) is 5.16.